The Hall–Kier alpha value is -1.35. The van der Waals surface area contributed by atoms with Crippen LogP contribution < -0.4 is 5.32 Å². The summed E-state index contributed by atoms with van der Waals surface area (Å²) in [5.41, 5.74) is 2.56. The van der Waals surface area contributed by atoms with Crippen LogP contribution in [0.2, 0.25) is 0 Å². The first-order valence-corrected chi connectivity index (χ1v) is 7.94. The van der Waals surface area contributed by atoms with Gasteiger partial charge in [-0.15, -0.1) is 0 Å². The van der Waals surface area contributed by atoms with Crippen molar-refractivity contribution in [3.63, 3.8) is 0 Å². The van der Waals surface area contributed by atoms with E-state index in [1.54, 1.807) is 0 Å². The third-order valence-electron chi connectivity index (χ3n) is 4.33. The molecule has 1 saturated heterocycles. The number of amides is 1. The molecule has 1 N–H and O–H groups in total. The molecule has 1 heterocycles. The number of likely N-dealkylation sites (tertiary alicyclic amines) is 1. The van der Waals surface area contributed by atoms with E-state index < -0.39 is 0 Å². The van der Waals surface area contributed by atoms with Crippen molar-refractivity contribution >= 4 is 5.91 Å². The smallest absolute Gasteiger partial charge is 0.224 e. The second-order valence-corrected chi connectivity index (χ2v) is 7.16. The summed E-state index contributed by atoms with van der Waals surface area (Å²) in [4.78, 5) is 14.8. The fourth-order valence-electron chi connectivity index (χ4n) is 2.84. The fraction of sp³-hybridized carbons (Fsp3) is 0.611. The predicted molar refractivity (Wildman–Crippen MR) is 87.1 cm³/mol. The topological polar surface area (TPSA) is 32.3 Å². The summed E-state index contributed by atoms with van der Waals surface area (Å²) in [5.74, 6) is 0.327. The number of hydrogen-bond donors (Lipinski definition) is 1. The van der Waals surface area contributed by atoms with Crippen molar-refractivity contribution in [1.82, 2.24) is 10.2 Å². The molecule has 1 aliphatic heterocycles. The first kappa shape index (κ1) is 16.0. The lowest BCUT2D eigenvalue weighted by Crippen LogP contribution is -2.50. The van der Waals surface area contributed by atoms with Crippen molar-refractivity contribution in [1.29, 1.82) is 0 Å². The van der Waals surface area contributed by atoms with Crippen LogP contribution >= 0.6 is 0 Å². The van der Waals surface area contributed by atoms with E-state index in [9.17, 15) is 4.79 Å². The molecule has 0 saturated carbocycles. The minimum Gasteiger partial charge on any atom is -0.352 e. The van der Waals surface area contributed by atoms with Gasteiger partial charge in [0.15, 0.2) is 0 Å². The molecule has 3 nitrogen and oxygen atoms in total. The SMILES string of the molecule is Cc1ccc(CNC(=O)[C@H]2CCCN(C(C)(C)C)C2)cc1. The van der Waals surface area contributed by atoms with Gasteiger partial charge >= 0.3 is 0 Å². The summed E-state index contributed by atoms with van der Waals surface area (Å²) in [5, 5.41) is 3.09. The first-order chi connectivity index (χ1) is 9.86. The van der Waals surface area contributed by atoms with Crippen molar-refractivity contribution in [2.45, 2.75) is 52.6 Å². The van der Waals surface area contributed by atoms with Gasteiger partial charge in [0.2, 0.25) is 5.91 Å². The minimum atomic E-state index is 0.128. The van der Waals surface area contributed by atoms with Gasteiger partial charge in [-0.2, -0.15) is 0 Å². The predicted octanol–water partition coefficient (Wildman–Crippen LogP) is 3.12. The minimum absolute atomic E-state index is 0.128. The van der Waals surface area contributed by atoms with Crippen LogP contribution in [0.1, 0.15) is 44.7 Å². The van der Waals surface area contributed by atoms with Crippen molar-refractivity contribution in [2.75, 3.05) is 13.1 Å². The number of carbonyl (C=O) groups is 1. The molecule has 0 spiro atoms. The van der Waals surface area contributed by atoms with E-state index in [2.05, 4.69) is 62.2 Å². The van der Waals surface area contributed by atoms with Gasteiger partial charge in [0, 0.05) is 18.6 Å². The number of benzene rings is 1. The highest BCUT2D eigenvalue weighted by molar-refractivity contribution is 5.79. The molecule has 21 heavy (non-hydrogen) atoms. The summed E-state index contributed by atoms with van der Waals surface area (Å²) >= 11 is 0. The van der Waals surface area contributed by atoms with E-state index in [1.165, 1.54) is 5.56 Å². The number of piperidine rings is 1. The van der Waals surface area contributed by atoms with Crippen LogP contribution in [0.15, 0.2) is 24.3 Å². The van der Waals surface area contributed by atoms with E-state index in [1.807, 2.05) is 0 Å². The Labute approximate surface area is 128 Å². The van der Waals surface area contributed by atoms with Crippen LogP contribution in [0.4, 0.5) is 0 Å². The average molecular weight is 288 g/mol. The van der Waals surface area contributed by atoms with Gasteiger partial charge in [-0.25, -0.2) is 0 Å². The number of nitrogens with one attached hydrogen (secondary N) is 1. The Morgan fingerprint density at radius 3 is 2.57 bits per heavy atom. The van der Waals surface area contributed by atoms with Gasteiger partial charge in [-0.05, 0) is 52.6 Å². The van der Waals surface area contributed by atoms with E-state index in [4.69, 9.17) is 0 Å². The standard InChI is InChI=1S/C18H28N2O/c1-14-7-9-15(10-8-14)12-19-17(21)16-6-5-11-20(13-16)18(2,3)4/h7-10,16H,5-6,11-13H2,1-4H3,(H,19,21)/t16-/m0/s1. The van der Waals surface area contributed by atoms with Crippen molar-refractivity contribution < 1.29 is 4.79 Å². The van der Waals surface area contributed by atoms with Crippen molar-refractivity contribution in [3.05, 3.63) is 35.4 Å². The molecule has 3 heteroatoms. The molecule has 0 aliphatic carbocycles. The second kappa shape index (κ2) is 6.61. The molecule has 1 aromatic rings. The number of hydrogen-bond acceptors (Lipinski definition) is 2. The van der Waals surface area contributed by atoms with Gasteiger partial charge in [-0.1, -0.05) is 29.8 Å². The zero-order valence-corrected chi connectivity index (χ0v) is 13.8. The Morgan fingerprint density at radius 1 is 1.29 bits per heavy atom. The summed E-state index contributed by atoms with van der Waals surface area (Å²) < 4.78 is 0. The molecule has 1 fully saturated rings. The van der Waals surface area contributed by atoms with Crippen LogP contribution in [0.5, 0.6) is 0 Å². The summed E-state index contributed by atoms with van der Waals surface area (Å²) in [6, 6.07) is 8.34. The summed E-state index contributed by atoms with van der Waals surface area (Å²) in [6.45, 7) is 11.4. The lowest BCUT2D eigenvalue weighted by Gasteiger charge is -2.41. The quantitative estimate of drug-likeness (QED) is 0.927. The molecule has 0 unspecified atom stereocenters. The Morgan fingerprint density at radius 2 is 1.95 bits per heavy atom. The average Bonchev–Trinajstić information content (AvgIpc) is 2.45. The second-order valence-electron chi connectivity index (χ2n) is 7.16. The number of nitrogens with zero attached hydrogens (tertiary/aromatic N) is 1. The molecule has 0 radical (unpaired) electrons. The molecular formula is C18H28N2O. The van der Waals surface area contributed by atoms with Crippen molar-refractivity contribution in [3.8, 4) is 0 Å². The molecule has 1 atom stereocenters. The zero-order valence-electron chi connectivity index (χ0n) is 13.8. The number of aryl methyl sites for hydroxylation is 1. The Kier molecular flexibility index (Phi) is 5.04. The maximum atomic E-state index is 12.4. The molecule has 1 amide bonds. The fourth-order valence-corrected chi connectivity index (χ4v) is 2.84. The maximum absolute atomic E-state index is 12.4. The van der Waals surface area contributed by atoms with Crippen LogP contribution in [-0.4, -0.2) is 29.4 Å². The van der Waals surface area contributed by atoms with Crippen LogP contribution in [0.25, 0.3) is 0 Å². The van der Waals surface area contributed by atoms with Crippen molar-refractivity contribution in [2.24, 2.45) is 5.92 Å². The van der Waals surface area contributed by atoms with E-state index in [-0.39, 0.29) is 17.4 Å². The lowest BCUT2D eigenvalue weighted by molar-refractivity contribution is -0.127. The molecule has 2 rings (SSSR count). The van der Waals surface area contributed by atoms with E-state index >= 15 is 0 Å². The van der Waals surface area contributed by atoms with E-state index in [0.29, 0.717) is 6.54 Å². The highest BCUT2D eigenvalue weighted by Crippen LogP contribution is 2.23. The maximum Gasteiger partial charge on any atom is 0.224 e. The van der Waals surface area contributed by atoms with Crippen LogP contribution in [0.3, 0.4) is 0 Å². The Bertz CT molecular complexity index is 473. The highest BCUT2D eigenvalue weighted by atomic mass is 16.1. The lowest BCUT2D eigenvalue weighted by atomic mass is 9.93. The van der Waals surface area contributed by atoms with Gasteiger partial charge in [0.05, 0.1) is 5.92 Å². The highest BCUT2D eigenvalue weighted by Gasteiger charge is 2.31. The molecule has 116 valence electrons. The van der Waals surface area contributed by atoms with Crippen LogP contribution in [-0.2, 0) is 11.3 Å². The summed E-state index contributed by atoms with van der Waals surface area (Å²) in [6.07, 6.45) is 2.12. The van der Waals surface area contributed by atoms with E-state index in [0.717, 1.165) is 31.5 Å². The molecule has 0 aromatic heterocycles. The molecule has 1 aliphatic rings. The first-order valence-electron chi connectivity index (χ1n) is 7.94. The number of carbonyl (C=O) groups excluding carboxylic acids is 1. The Balaban J connectivity index is 1.86. The van der Waals surface area contributed by atoms with Crippen LogP contribution in [0, 0.1) is 12.8 Å². The molecule has 1 aromatic carbocycles. The third-order valence-corrected chi connectivity index (χ3v) is 4.33. The molecular weight excluding hydrogens is 260 g/mol. The largest absolute Gasteiger partial charge is 0.352 e. The zero-order chi connectivity index (χ0) is 15.5. The van der Waals surface area contributed by atoms with Gasteiger partial charge in [0.1, 0.15) is 0 Å². The van der Waals surface area contributed by atoms with Gasteiger partial charge < -0.3 is 5.32 Å². The van der Waals surface area contributed by atoms with Gasteiger partial charge in [0.25, 0.3) is 0 Å². The normalized spacial score (nSPS) is 20.3. The number of rotatable bonds is 3. The third kappa shape index (κ3) is 4.57. The summed E-state index contributed by atoms with van der Waals surface area (Å²) in [7, 11) is 0. The molecule has 0 bridgehead atoms. The van der Waals surface area contributed by atoms with Gasteiger partial charge in [-0.3, -0.25) is 9.69 Å². The monoisotopic (exact) mass is 288 g/mol.